The minimum Gasteiger partial charge on any atom is -0.481 e. The van der Waals surface area contributed by atoms with Gasteiger partial charge in [-0.15, -0.1) is 0 Å². The average molecular weight is 968 g/mol. The first kappa shape index (κ1) is 53.3. The summed E-state index contributed by atoms with van der Waals surface area (Å²) in [7, 11) is 0. The summed E-state index contributed by atoms with van der Waals surface area (Å²) >= 11 is 3.98. The van der Waals surface area contributed by atoms with Gasteiger partial charge < -0.3 is 73.6 Å². The molecule has 0 aliphatic rings. The van der Waals surface area contributed by atoms with Crippen LogP contribution in [0.3, 0.4) is 0 Å². The SMILES string of the molecule is NCCCC[C@H](NC(=O)[C@H](CCC(=O)O)NC(=O)[C@H](Cc1cnc[nH]1)NC(=O)[C@H](Cc1c[nH]c2ccccc12)NC(=O)[C@@H](N)CCC(=O)O)C(=O)N[C@@H](Cc1cnc[nH]1)C(=O)N[C@@H](CS)C(=O)O. The van der Waals surface area contributed by atoms with E-state index in [1.54, 1.807) is 30.5 Å². The zero-order chi connectivity index (χ0) is 49.8. The fourth-order valence-electron chi connectivity index (χ4n) is 6.91. The molecule has 368 valence electrons. The molecule has 3 heterocycles. The fraction of sp³-hybridized carbons (Fsp3) is 0.452. The standard InChI is InChI=1S/C42H57N13O12S/c43-12-4-3-7-28(37(61)53-32(15-24-18-46-21-49-24)41(65)55-33(19-68)42(66)67)50-38(62)29(9-11-35(58)59)51-40(64)31(14-23-17-45-20-48-23)54-39(63)30(52-36(60)26(44)8-10-34(56)57)13-22-16-47-27-6-2-1-5-25(22)27/h1-2,5-6,16-18,20-21,26,28-33,47,68H,3-4,7-15,19,43-44H2,(H,45,48)(H,46,49)(H,50,62)(H,51,64)(H,52,60)(H,53,61)(H,54,63)(H,55,65)(H,56,57)(H,58,59)(H,66,67)/t26-,28-,29-,30-,31-,32-,33-/m0/s1. The van der Waals surface area contributed by atoms with Gasteiger partial charge in [0.1, 0.15) is 36.3 Å². The maximum absolute atomic E-state index is 14.3. The van der Waals surface area contributed by atoms with E-state index in [4.69, 9.17) is 16.6 Å². The molecule has 26 heteroatoms. The third-order valence-corrected chi connectivity index (χ3v) is 11.0. The number of benzene rings is 1. The van der Waals surface area contributed by atoms with E-state index in [9.17, 15) is 53.4 Å². The molecule has 0 bridgehead atoms. The number of nitrogens with two attached hydrogens (primary N) is 2. The van der Waals surface area contributed by atoms with Crippen LogP contribution in [0, 0.1) is 0 Å². The Morgan fingerprint density at radius 1 is 0.588 bits per heavy atom. The normalized spacial score (nSPS) is 14.2. The van der Waals surface area contributed by atoms with E-state index in [0.29, 0.717) is 23.4 Å². The highest BCUT2D eigenvalue weighted by atomic mass is 32.1. The number of amides is 6. The summed E-state index contributed by atoms with van der Waals surface area (Å²) in [4.78, 5) is 135. The molecule has 25 nitrogen and oxygen atoms in total. The van der Waals surface area contributed by atoms with Crippen molar-refractivity contribution >= 4 is 76.9 Å². The highest BCUT2D eigenvalue weighted by Crippen LogP contribution is 2.20. The van der Waals surface area contributed by atoms with Gasteiger partial charge in [0, 0.05) is 78.7 Å². The largest absolute Gasteiger partial charge is 0.481 e. The van der Waals surface area contributed by atoms with Crippen molar-refractivity contribution in [3.63, 3.8) is 0 Å². The molecule has 0 saturated carbocycles. The van der Waals surface area contributed by atoms with Crippen molar-refractivity contribution in [2.75, 3.05) is 12.3 Å². The molecule has 4 rings (SSSR count). The number of imidazole rings is 2. The van der Waals surface area contributed by atoms with Gasteiger partial charge in [0.25, 0.3) is 0 Å². The molecule has 16 N–H and O–H groups in total. The van der Waals surface area contributed by atoms with Gasteiger partial charge in [-0.2, -0.15) is 12.6 Å². The van der Waals surface area contributed by atoms with E-state index in [1.165, 1.54) is 25.0 Å². The van der Waals surface area contributed by atoms with Crippen LogP contribution in [0.4, 0.5) is 0 Å². The first-order valence-corrected chi connectivity index (χ1v) is 22.2. The molecular weight excluding hydrogens is 911 g/mol. The Bertz CT molecular complexity index is 2340. The van der Waals surface area contributed by atoms with E-state index in [2.05, 4.69) is 69.4 Å². The van der Waals surface area contributed by atoms with Gasteiger partial charge in [0.15, 0.2) is 0 Å². The van der Waals surface area contributed by atoms with E-state index in [1.807, 2.05) is 0 Å². The fourth-order valence-corrected chi connectivity index (χ4v) is 7.16. The summed E-state index contributed by atoms with van der Waals surface area (Å²) in [5.74, 6) is -9.64. The topological polar surface area (TPSA) is 412 Å². The number of nitrogens with one attached hydrogen (secondary N) is 9. The number of hydrogen-bond acceptors (Lipinski definition) is 14. The number of aliphatic carboxylic acids is 3. The van der Waals surface area contributed by atoms with Crippen molar-refractivity contribution in [2.24, 2.45) is 11.5 Å². The van der Waals surface area contributed by atoms with E-state index >= 15 is 0 Å². The Morgan fingerprint density at radius 2 is 1.06 bits per heavy atom. The second kappa shape index (κ2) is 26.7. The summed E-state index contributed by atoms with van der Waals surface area (Å²) in [5, 5.41) is 44.1. The summed E-state index contributed by atoms with van der Waals surface area (Å²) in [6.07, 6.45) is 5.36. The molecule has 0 unspecified atom stereocenters. The number of carboxylic acids is 3. The van der Waals surface area contributed by atoms with Crippen LogP contribution in [0.5, 0.6) is 0 Å². The number of aromatic nitrogens is 5. The summed E-state index contributed by atoms with van der Waals surface area (Å²) < 4.78 is 0. The molecular formula is C42H57N13O12S. The number of aromatic amines is 3. The van der Waals surface area contributed by atoms with Crippen LogP contribution in [-0.2, 0) is 62.4 Å². The Balaban J connectivity index is 1.61. The molecule has 0 spiro atoms. The molecule has 0 saturated heterocycles. The molecule has 3 aromatic heterocycles. The summed E-state index contributed by atoms with van der Waals surface area (Å²) in [6, 6.07) is -2.89. The Morgan fingerprint density at radius 3 is 1.56 bits per heavy atom. The van der Waals surface area contributed by atoms with Crippen molar-refractivity contribution in [3.05, 3.63) is 72.5 Å². The van der Waals surface area contributed by atoms with Gasteiger partial charge >= 0.3 is 17.9 Å². The molecule has 1 aromatic carbocycles. The third kappa shape index (κ3) is 16.8. The molecule has 68 heavy (non-hydrogen) atoms. The van der Waals surface area contributed by atoms with Crippen LogP contribution in [0.2, 0.25) is 0 Å². The maximum atomic E-state index is 14.3. The Hall–Kier alpha value is -7.32. The number of fused-ring (bicyclic) bond motifs is 1. The number of carboxylic acid groups (broad SMARTS) is 3. The Labute approximate surface area is 393 Å². The minimum absolute atomic E-state index is 0.0385. The second-order valence-electron chi connectivity index (χ2n) is 15.8. The van der Waals surface area contributed by atoms with Crippen LogP contribution in [-0.4, -0.2) is 148 Å². The van der Waals surface area contributed by atoms with Gasteiger partial charge in [0.2, 0.25) is 35.4 Å². The molecule has 0 aliphatic carbocycles. The predicted octanol–water partition coefficient (Wildman–Crippen LogP) is -2.25. The lowest BCUT2D eigenvalue weighted by Crippen LogP contribution is -2.60. The van der Waals surface area contributed by atoms with Crippen molar-refractivity contribution < 1.29 is 58.5 Å². The van der Waals surface area contributed by atoms with Gasteiger partial charge in [-0.3, -0.25) is 38.4 Å². The highest BCUT2D eigenvalue weighted by molar-refractivity contribution is 7.80. The van der Waals surface area contributed by atoms with Gasteiger partial charge in [0.05, 0.1) is 18.7 Å². The van der Waals surface area contributed by atoms with E-state index < -0.39 is 115 Å². The first-order valence-electron chi connectivity index (χ1n) is 21.5. The first-order chi connectivity index (χ1) is 32.5. The van der Waals surface area contributed by atoms with Gasteiger partial charge in [-0.25, -0.2) is 14.8 Å². The molecule has 7 atom stereocenters. The maximum Gasteiger partial charge on any atom is 0.327 e. The van der Waals surface area contributed by atoms with E-state index in [-0.39, 0.29) is 50.8 Å². The van der Waals surface area contributed by atoms with Crippen LogP contribution >= 0.6 is 12.6 Å². The minimum atomic E-state index is -1.63. The third-order valence-electron chi connectivity index (χ3n) is 10.6. The van der Waals surface area contributed by atoms with Crippen LogP contribution in [0.25, 0.3) is 10.9 Å². The van der Waals surface area contributed by atoms with Crippen molar-refractivity contribution in [1.29, 1.82) is 0 Å². The van der Waals surface area contributed by atoms with Crippen LogP contribution in [0.15, 0.2) is 55.5 Å². The molecule has 6 amide bonds. The lowest BCUT2D eigenvalue weighted by Gasteiger charge is -2.27. The lowest BCUT2D eigenvalue weighted by atomic mass is 10.0. The van der Waals surface area contributed by atoms with Gasteiger partial charge in [-0.05, 0) is 50.3 Å². The summed E-state index contributed by atoms with van der Waals surface area (Å²) in [5.41, 5.74) is 13.8. The number of thiol groups is 1. The smallest absolute Gasteiger partial charge is 0.327 e. The molecule has 0 radical (unpaired) electrons. The van der Waals surface area contributed by atoms with Crippen molar-refractivity contribution in [1.82, 2.24) is 56.8 Å². The molecule has 0 fully saturated rings. The van der Waals surface area contributed by atoms with Crippen LogP contribution in [0.1, 0.15) is 61.9 Å². The lowest BCUT2D eigenvalue weighted by molar-refractivity contribution is -0.142. The number of nitrogens with zero attached hydrogens (tertiary/aromatic N) is 2. The Kier molecular flexibility index (Phi) is 21.0. The average Bonchev–Trinajstić information content (AvgIpc) is 4.11. The second-order valence-corrected chi connectivity index (χ2v) is 16.1. The number of rotatable bonds is 30. The number of unbranched alkanes of at least 4 members (excludes halogenated alkanes) is 1. The zero-order valence-corrected chi connectivity index (χ0v) is 37.6. The summed E-state index contributed by atoms with van der Waals surface area (Å²) in [6.45, 7) is 0.220. The van der Waals surface area contributed by atoms with E-state index in [0.717, 1.165) is 10.9 Å². The number of carbonyl (C=O) groups excluding carboxylic acids is 6. The number of carbonyl (C=O) groups is 9. The van der Waals surface area contributed by atoms with Crippen molar-refractivity contribution in [2.45, 2.75) is 107 Å². The highest BCUT2D eigenvalue weighted by Gasteiger charge is 2.34. The predicted molar refractivity (Wildman–Crippen MR) is 244 cm³/mol. The van der Waals surface area contributed by atoms with Crippen LogP contribution < -0.4 is 43.4 Å². The monoisotopic (exact) mass is 967 g/mol. The van der Waals surface area contributed by atoms with Gasteiger partial charge in [-0.1, -0.05) is 18.2 Å². The van der Waals surface area contributed by atoms with Crippen molar-refractivity contribution in [3.8, 4) is 0 Å². The number of H-pyrrole nitrogens is 3. The number of para-hydroxylation sites is 1. The molecule has 0 aliphatic heterocycles. The quantitative estimate of drug-likeness (QED) is 0.0194. The zero-order valence-electron chi connectivity index (χ0n) is 36.7. The molecule has 4 aromatic rings. The number of hydrogen-bond donors (Lipinski definition) is 15.